The van der Waals surface area contributed by atoms with Gasteiger partial charge in [0.1, 0.15) is 5.75 Å². The molecule has 2 N–H and O–H groups in total. The zero-order valence-electron chi connectivity index (χ0n) is 13.6. The van der Waals surface area contributed by atoms with E-state index in [2.05, 4.69) is 5.32 Å². The molecule has 0 bridgehead atoms. The number of carboxylic acid groups (broad SMARTS) is 1. The van der Waals surface area contributed by atoms with Gasteiger partial charge in [0.2, 0.25) is 0 Å². The largest absolute Gasteiger partial charge is 0.494 e. The van der Waals surface area contributed by atoms with Gasteiger partial charge in [0, 0.05) is 13.0 Å². The van der Waals surface area contributed by atoms with Gasteiger partial charge in [-0.3, -0.25) is 9.59 Å². The van der Waals surface area contributed by atoms with Gasteiger partial charge in [0.05, 0.1) is 11.5 Å². The summed E-state index contributed by atoms with van der Waals surface area (Å²) in [5, 5.41) is 13.4. The standard InChI is InChI=1S/C18H21NO4S/c1-2-14-9-11-24-17(14)18(22)19-12-13-5-7-15(8-6-13)23-10-3-4-16(20)21/h5-9,11H,2-4,10,12H2,1H3,(H,19,22)(H,20,21). The first-order valence-corrected chi connectivity index (χ1v) is 8.76. The molecule has 2 aromatic rings. The maximum atomic E-state index is 12.2. The Balaban J connectivity index is 1.79. The van der Waals surface area contributed by atoms with Crippen molar-refractivity contribution in [2.45, 2.75) is 32.7 Å². The second-order valence-electron chi connectivity index (χ2n) is 5.30. The summed E-state index contributed by atoms with van der Waals surface area (Å²) >= 11 is 1.46. The van der Waals surface area contributed by atoms with Crippen LogP contribution in [0.4, 0.5) is 0 Å². The molecule has 1 amide bonds. The third kappa shape index (κ3) is 5.38. The van der Waals surface area contributed by atoms with Crippen molar-refractivity contribution in [3.05, 3.63) is 51.7 Å². The van der Waals surface area contributed by atoms with Crippen LogP contribution in [-0.4, -0.2) is 23.6 Å². The lowest BCUT2D eigenvalue weighted by atomic mass is 10.2. The molecule has 6 heteroatoms. The molecule has 0 saturated carbocycles. The van der Waals surface area contributed by atoms with E-state index < -0.39 is 5.97 Å². The molecule has 0 aliphatic carbocycles. The number of ether oxygens (including phenoxy) is 1. The lowest BCUT2D eigenvalue weighted by Crippen LogP contribution is -2.22. The van der Waals surface area contributed by atoms with E-state index in [1.54, 1.807) is 0 Å². The highest BCUT2D eigenvalue weighted by Gasteiger charge is 2.11. The molecule has 24 heavy (non-hydrogen) atoms. The van der Waals surface area contributed by atoms with E-state index in [0.717, 1.165) is 22.4 Å². The number of benzene rings is 1. The summed E-state index contributed by atoms with van der Waals surface area (Å²) in [6.45, 7) is 2.87. The Labute approximate surface area is 145 Å². The van der Waals surface area contributed by atoms with Gasteiger partial charge in [-0.1, -0.05) is 19.1 Å². The van der Waals surface area contributed by atoms with Gasteiger partial charge in [0.15, 0.2) is 0 Å². The predicted molar refractivity (Wildman–Crippen MR) is 93.7 cm³/mol. The molecule has 1 aromatic carbocycles. The first-order valence-electron chi connectivity index (χ1n) is 7.88. The van der Waals surface area contributed by atoms with E-state index in [1.165, 1.54) is 11.3 Å². The number of hydrogen-bond acceptors (Lipinski definition) is 4. The molecule has 0 fully saturated rings. The monoisotopic (exact) mass is 347 g/mol. The van der Waals surface area contributed by atoms with E-state index in [1.807, 2.05) is 42.6 Å². The van der Waals surface area contributed by atoms with Crippen LogP contribution in [0.15, 0.2) is 35.7 Å². The Morgan fingerprint density at radius 2 is 1.96 bits per heavy atom. The summed E-state index contributed by atoms with van der Waals surface area (Å²) in [7, 11) is 0. The van der Waals surface area contributed by atoms with Gasteiger partial charge >= 0.3 is 5.97 Å². The molecule has 0 spiro atoms. The molecular formula is C18H21NO4S. The molecular weight excluding hydrogens is 326 g/mol. The van der Waals surface area contributed by atoms with Gasteiger partial charge in [-0.05, 0) is 47.5 Å². The van der Waals surface area contributed by atoms with Crippen LogP contribution in [0, 0.1) is 0 Å². The van der Waals surface area contributed by atoms with Crippen molar-refractivity contribution >= 4 is 23.2 Å². The van der Waals surface area contributed by atoms with Crippen LogP contribution in [0.5, 0.6) is 5.75 Å². The molecule has 0 aliphatic heterocycles. The normalized spacial score (nSPS) is 10.4. The molecule has 0 unspecified atom stereocenters. The summed E-state index contributed by atoms with van der Waals surface area (Å²) in [4.78, 5) is 23.4. The highest BCUT2D eigenvalue weighted by molar-refractivity contribution is 7.12. The van der Waals surface area contributed by atoms with Gasteiger partial charge in [-0.15, -0.1) is 11.3 Å². The summed E-state index contributed by atoms with van der Waals surface area (Å²) in [6, 6.07) is 9.41. The van der Waals surface area contributed by atoms with Crippen molar-refractivity contribution in [1.29, 1.82) is 0 Å². The number of carbonyl (C=O) groups is 2. The number of aliphatic carboxylic acids is 1. The van der Waals surface area contributed by atoms with Crippen LogP contribution in [-0.2, 0) is 17.8 Å². The average Bonchev–Trinajstić information content (AvgIpc) is 3.06. The lowest BCUT2D eigenvalue weighted by molar-refractivity contribution is -0.137. The lowest BCUT2D eigenvalue weighted by Gasteiger charge is -2.08. The fourth-order valence-corrected chi connectivity index (χ4v) is 3.10. The average molecular weight is 347 g/mol. The maximum absolute atomic E-state index is 12.2. The number of amides is 1. The van der Waals surface area contributed by atoms with Crippen molar-refractivity contribution in [2.75, 3.05) is 6.61 Å². The molecule has 2 rings (SSSR count). The van der Waals surface area contributed by atoms with E-state index in [-0.39, 0.29) is 12.3 Å². The van der Waals surface area contributed by atoms with Crippen molar-refractivity contribution < 1.29 is 19.4 Å². The van der Waals surface area contributed by atoms with Gasteiger partial charge in [0.25, 0.3) is 5.91 Å². The van der Waals surface area contributed by atoms with Gasteiger partial charge in [-0.2, -0.15) is 0 Å². The van der Waals surface area contributed by atoms with Crippen LogP contribution < -0.4 is 10.1 Å². The second-order valence-corrected chi connectivity index (χ2v) is 6.22. The van der Waals surface area contributed by atoms with E-state index in [9.17, 15) is 9.59 Å². The van der Waals surface area contributed by atoms with Crippen molar-refractivity contribution in [3.8, 4) is 5.75 Å². The van der Waals surface area contributed by atoms with E-state index in [4.69, 9.17) is 9.84 Å². The Morgan fingerprint density at radius 1 is 1.21 bits per heavy atom. The molecule has 1 heterocycles. The number of carbonyl (C=O) groups excluding carboxylic acids is 1. The third-order valence-electron chi connectivity index (χ3n) is 3.51. The minimum absolute atomic E-state index is 0.0455. The molecule has 0 radical (unpaired) electrons. The summed E-state index contributed by atoms with van der Waals surface area (Å²) in [6.07, 6.45) is 1.43. The second kappa shape index (κ2) is 9.08. The number of nitrogens with one attached hydrogen (secondary N) is 1. The minimum Gasteiger partial charge on any atom is -0.494 e. The Morgan fingerprint density at radius 3 is 2.62 bits per heavy atom. The first kappa shape index (κ1) is 18.0. The first-order chi connectivity index (χ1) is 11.6. The number of carboxylic acids is 1. The zero-order valence-corrected chi connectivity index (χ0v) is 14.4. The molecule has 128 valence electrons. The van der Waals surface area contributed by atoms with E-state index in [0.29, 0.717) is 25.3 Å². The zero-order chi connectivity index (χ0) is 17.4. The van der Waals surface area contributed by atoms with Crippen LogP contribution in [0.3, 0.4) is 0 Å². The summed E-state index contributed by atoms with van der Waals surface area (Å²) < 4.78 is 5.48. The molecule has 1 aromatic heterocycles. The molecule has 0 saturated heterocycles. The number of rotatable bonds is 9. The maximum Gasteiger partial charge on any atom is 0.303 e. The Hall–Kier alpha value is -2.34. The number of aryl methyl sites for hydroxylation is 1. The highest BCUT2D eigenvalue weighted by Crippen LogP contribution is 2.17. The molecule has 0 atom stereocenters. The van der Waals surface area contributed by atoms with Crippen LogP contribution >= 0.6 is 11.3 Å². The molecule has 5 nitrogen and oxygen atoms in total. The highest BCUT2D eigenvalue weighted by atomic mass is 32.1. The molecule has 0 aliphatic rings. The minimum atomic E-state index is -0.818. The van der Waals surface area contributed by atoms with Gasteiger partial charge in [-0.25, -0.2) is 0 Å². The third-order valence-corrected chi connectivity index (χ3v) is 4.47. The summed E-state index contributed by atoms with van der Waals surface area (Å²) in [5.74, 6) is -0.167. The quantitative estimate of drug-likeness (QED) is 0.681. The summed E-state index contributed by atoms with van der Waals surface area (Å²) in [5.41, 5.74) is 2.05. The fourth-order valence-electron chi connectivity index (χ4n) is 2.19. The predicted octanol–water partition coefficient (Wildman–Crippen LogP) is 3.48. The van der Waals surface area contributed by atoms with Gasteiger partial charge < -0.3 is 15.2 Å². The van der Waals surface area contributed by atoms with Crippen LogP contribution in [0.1, 0.15) is 40.6 Å². The van der Waals surface area contributed by atoms with Crippen molar-refractivity contribution in [3.63, 3.8) is 0 Å². The smallest absolute Gasteiger partial charge is 0.303 e. The van der Waals surface area contributed by atoms with Crippen LogP contribution in [0.2, 0.25) is 0 Å². The van der Waals surface area contributed by atoms with E-state index >= 15 is 0 Å². The Bertz CT molecular complexity index is 679. The van der Waals surface area contributed by atoms with Crippen molar-refractivity contribution in [2.24, 2.45) is 0 Å². The number of hydrogen-bond donors (Lipinski definition) is 2. The SMILES string of the molecule is CCc1ccsc1C(=O)NCc1ccc(OCCCC(=O)O)cc1. The van der Waals surface area contributed by atoms with Crippen LogP contribution in [0.25, 0.3) is 0 Å². The van der Waals surface area contributed by atoms with Crippen molar-refractivity contribution in [1.82, 2.24) is 5.32 Å². The topological polar surface area (TPSA) is 75.6 Å². The fraction of sp³-hybridized carbons (Fsp3) is 0.333. The Kier molecular flexibility index (Phi) is 6.81. The number of thiophene rings is 1.